The number of carbonyl (C=O) groups excluding carboxylic acids is 1. The third-order valence-corrected chi connectivity index (χ3v) is 6.94. The van der Waals surface area contributed by atoms with Crippen molar-refractivity contribution in [1.29, 1.82) is 0 Å². The molecule has 6 nitrogen and oxygen atoms in total. The van der Waals surface area contributed by atoms with E-state index in [0.717, 1.165) is 6.42 Å². The van der Waals surface area contributed by atoms with Crippen molar-refractivity contribution < 1.29 is 17.9 Å². The van der Waals surface area contributed by atoms with Gasteiger partial charge in [0.25, 0.3) is 0 Å². The van der Waals surface area contributed by atoms with Gasteiger partial charge in [0.1, 0.15) is 9.84 Å². The normalized spacial score (nSPS) is 35.2. The molecule has 2 heterocycles. The van der Waals surface area contributed by atoms with Crippen LogP contribution in [-0.2, 0) is 14.6 Å². The number of sulfone groups is 1. The Kier molecular flexibility index (Phi) is 4.38. The van der Waals surface area contributed by atoms with Crippen LogP contribution in [0.1, 0.15) is 39.0 Å². The molecule has 2 N–H and O–H groups in total. The zero-order chi connectivity index (χ0) is 15.8. The van der Waals surface area contributed by atoms with Gasteiger partial charge in [0.2, 0.25) is 0 Å². The van der Waals surface area contributed by atoms with Gasteiger partial charge in [0.15, 0.2) is 0 Å². The van der Waals surface area contributed by atoms with Crippen molar-refractivity contribution in [1.82, 2.24) is 10.6 Å². The molecule has 2 atom stereocenters. The quantitative estimate of drug-likeness (QED) is 0.807. The Morgan fingerprint density at radius 2 is 1.91 bits per heavy atom. The highest BCUT2D eigenvalue weighted by Gasteiger charge is 2.49. The first-order valence-electron chi connectivity index (χ1n) is 8.26. The molecular formula is C15H26N2O4S. The van der Waals surface area contributed by atoms with Crippen LogP contribution in [0.4, 0.5) is 4.79 Å². The first-order valence-corrected chi connectivity index (χ1v) is 10.1. The number of ether oxygens (including phenoxy) is 1. The summed E-state index contributed by atoms with van der Waals surface area (Å²) < 4.78 is 28.6. The molecule has 1 aliphatic carbocycles. The van der Waals surface area contributed by atoms with E-state index in [1.54, 1.807) is 0 Å². The largest absolute Gasteiger partial charge is 0.375 e. The van der Waals surface area contributed by atoms with Gasteiger partial charge in [-0.15, -0.1) is 0 Å². The van der Waals surface area contributed by atoms with Crippen LogP contribution in [0.5, 0.6) is 0 Å². The number of rotatable bonds is 4. The molecule has 2 amide bonds. The summed E-state index contributed by atoms with van der Waals surface area (Å²) in [6.07, 6.45) is 4.67. The second-order valence-corrected chi connectivity index (χ2v) is 9.53. The minimum absolute atomic E-state index is 0.137. The molecule has 0 aromatic rings. The second kappa shape index (κ2) is 6.00. The topological polar surface area (TPSA) is 84.5 Å². The van der Waals surface area contributed by atoms with Crippen molar-refractivity contribution in [3.05, 3.63) is 0 Å². The summed E-state index contributed by atoms with van der Waals surface area (Å²) in [5.41, 5.74) is -0.277. The lowest BCUT2D eigenvalue weighted by Gasteiger charge is -2.32. The molecule has 3 rings (SSSR count). The van der Waals surface area contributed by atoms with E-state index < -0.39 is 9.84 Å². The Morgan fingerprint density at radius 1 is 1.23 bits per heavy atom. The summed E-state index contributed by atoms with van der Waals surface area (Å²) in [6.45, 7) is 3.32. The highest BCUT2D eigenvalue weighted by molar-refractivity contribution is 7.91. The fourth-order valence-corrected chi connectivity index (χ4v) is 5.19. The highest BCUT2D eigenvalue weighted by Crippen LogP contribution is 2.43. The Bertz CT molecular complexity index is 518. The number of hydrogen-bond donors (Lipinski definition) is 2. The van der Waals surface area contributed by atoms with Crippen molar-refractivity contribution in [2.24, 2.45) is 11.8 Å². The first-order chi connectivity index (χ1) is 10.4. The Hall–Kier alpha value is -0.820. The molecule has 3 fully saturated rings. The van der Waals surface area contributed by atoms with Crippen LogP contribution in [0.15, 0.2) is 0 Å². The lowest BCUT2D eigenvalue weighted by molar-refractivity contribution is 0.0590. The number of amides is 2. The van der Waals surface area contributed by atoms with Gasteiger partial charge in [-0.1, -0.05) is 0 Å². The van der Waals surface area contributed by atoms with Crippen molar-refractivity contribution in [3.8, 4) is 0 Å². The number of nitrogens with one attached hydrogen (secondary N) is 2. The molecule has 3 aliphatic rings. The molecule has 0 aromatic carbocycles. The van der Waals surface area contributed by atoms with Crippen molar-refractivity contribution in [2.75, 3.05) is 24.7 Å². The van der Waals surface area contributed by atoms with Gasteiger partial charge in [0.05, 0.1) is 23.1 Å². The molecule has 22 heavy (non-hydrogen) atoms. The summed E-state index contributed by atoms with van der Waals surface area (Å²) in [5, 5.41) is 6.00. The Balaban J connectivity index is 1.44. The van der Waals surface area contributed by atoms with E-state index in [-0.39, 0.29) is 35.1 Å². The zero-order valence-corrected chi connectivity index (χ0v) is 14.0. The first kappa shape index (κ1) is 16.1. The lowest BCUT2D eigenvalue weighted by Crippen LogP contribution is -2.56. The number of hydrogen-bond acceptors (Lipinski definition) is 4. The van der Waals surface area contributed by atoms with Crippen LogP contribution in [-0.4, -0.2) is 50.7 Å². The Morgan fingerprint density at radius 3 is 2.55 bits per heavy atom. The second-order valence-electron chi connectivity index (χ2n) is 7.23. The zero-order valence-electron chi connectivity index (χ0n) is 13.1. The summed E-state index contributed by atoms with van der Waals surface area (Å²) >= 11 is 0. The average molecular weight is 330 g/mol. The van der Waals surface area contributed by atoms with Crippen molar-refractivity contribution in [2.45, 2.75) is 50.7 Å². The van der Waals surface area contributed by atoms with Crippen LogP contribution in [0.3, 0.4) is 0 Å². The number of carbonyl (C=O) groups is 1. The molecule has 0 unspecified atom stereocenters. The predicted molar refractivity (Wildman–Crippen MR) is 83.4 cm³/mol. The molecule has 7 heteroatoms. The van der Waals surface area contributed by atoms with Crippen LogP contribution in [0.2, 0.25) is 0 Å². The third kappa shape index (κ3) is 3.74. The monoisotopic (exact) mass is 330 g/mol. The van der Waals surface area contributed by atoms with Crippen molar-refractivity contribution >= 4 is 15.9 Å². The van der Waals surface area contributed by atoms with E-state index in [1.165, 1.54) is 12.8 Å². The molecule has 0 bridgehead atoms. The highest BCUT2D eigenvalue weighted by atomic mass is 32.2. The predicted octanol–water partition coefficient (Wildman–Crippen LogP) is 1.07. The van der Waals surface area contributed by atoms with Crippen LogP contribution >= 0.6 is 0 Å². The fraction of sp³-hybridized carbons (Fsp3) is 0.933. The van der Waals surface area contributed by atoms with Gasteiger partial charge >= 0.3 is 6.03 Å². The van der Waals surface area contributed by atoms with Gasteiger partial charge in [-0.2, -0.15) is 0 Å². The minimum Gasteiger partial charge on any atom is -0.375 e. The van der Waals surface area contributed by atoms with Gasteiger partial charge in [-0.25, -0.2) is 13.2 Å². The minimum atomic E-state index is -2.84. The van der Waals surface area contributed by atoms with E-state index >= 15 is 0 Å². The van der Waals surface area contributed by atoms with E-state index in [1.807, 2.05) is 0 Å². The molecule has 2 aliphatic heterocycles. The lowest BCUT2D eigenvalue weighted by atomic mass is 9.90. The molecule has 2 saturated heterocycles. The summed E-state index contributed by atoms with van der Waals surface area (Å²) in [6, 6.07) is -0.160. The van der Waals surface area contributed by atoms with Gasteiger partial charge in [-0.3, -0.25) is 0 Å². The Labute approximate surface area is 132 Å². The summed E-state index contributed by atoms with van der Waals surface area (Å²) in [5.74, 6) is 1.35. The van der Waals surface area contributed by atoms with Gasteiger partial charge < -0.3 is 15.4 Å². The molecule has 0 spiro atoms. The maximum atomic E-state index is 12.2. The third-order valence-electron chi connectivity index (χ3n) is 5.22. The maximum Gasteiger partial charge on any atom is 0.315 e. The molecular weight excluding hydrogens is 304 g/mol. The SMILES string of the molecule is C[C@@]1(NC(=O)NCC2CCS(=O)(=O)CC2)CCO[C@@H]1C1CC1. The van der Waals surface area contributed by atoms with Crippen LogP contribution in [0, 0.1) is 11.8 Å². The fourth-order valence-electron chi connectivity index (χ4n) is 3.60. The number of urea groups is 1. The standard InChI is InChI=1S/C15H26N2O4S/c1-15(6-7-21-13(15)12-2-3-12)17-14(18)16-10-11-4-8-22(19,20)9-5-11/h11-13H,2-10H2,1H3,(H2,16,17,18)/t13-,15-/m1/s1. The van der Waals surface area contributed by atoms with E-state index in [9.17, 15) is 13.2 Å². The van der Waals surface area contributed by atoms with E-state index in [4.69, 9.17) is 4.74 Å². The maximum absolute atomic E-state index is 12.2. The van der Waals surface area contributed by atoms with E-state index in [2.05, 4.69) is 17.6 Å². The molecule has 0 aromatic heterocycles. The summed E-state index contributed by atoms with van der Waals surface area (Å²) in [7, 11) is -2.84. The average Bonchev–Trinajstić information content (AvgIpc) is 3.21. The molecule has 0 radical (unpaired) electrons. The molecule has 126 valence electrons. The van der Waals surface area contributed by atoms with Gasteiger partial charge in [0, 0.05) is 13.2 Å². The van der Waals surface area contributed by atoms with E-state index in [0.29, 0.717) is 31.9 Å². The van der Waals surface area contributed by atoms with Crippen LogP contribution < -0.4 is 10.6 Å². The molecule has 1 saturated carbocycles. The van der Waals surface area contributed by atoms with Crippen LogP contribution in [0.25, 0.3) is 0 Å². The van der Waals surface area contributed by atoms with Gasteiger partial charge in [-0.05, 0) is 50.9 Å². The summed E-state index contributed by atoms with van der Waals surface area (Å²) in [4.78, 5) is 12.2. The smallest absolute Gasteiger partial charge is 0.315 e. The van der Waals surface area contributed by atoms with Crippen molar-refractivity contribution in [3.63, 3.8) is 0 Å².